The maximum atomic E-state index is 13.6. The first-order chi connectivity index (χ1) is 19.4. The van der Waals surface area contributed by atoms with Gasteiger partial charge in [0.2, 0.25) is 5.91 Å². The second-order valence-corrected chi connectivity index (χ2v) is 10.9. The van der Waals surface area contributed by atoms with Gasteiger partial charge < -0.3 is 24.8 Å². The van der Waals surface area contributed by atoms with Crippen molar-refractivity contribution in [1.82, 2.24) is 10.2 Å². The quantitative estimate of drug-likeness (QED) is 0.420. The number of benzene rings is 3. The number of carboxylic acids is 1. The van der Waals surface area contributed by atoms with Gasteiger partial charge in [0.05, 0.1) is 18.6 Å². The molecule has 0 radical (unpaired) electrons. The molecule has 0 bridgehead atoms. The minimum absolute atomic E-state index is 0.0305. The molecule has 2 aliphatic carbocycles. The molecule has 6 rings (SSSR count). The van der Waals surface area contributed by atoms with E-state index in [2.05, 4.69) is 29.6 Å². The summed E-state index contributed by atoms with van der Waals surface area (Å²) in [4.78, 5) is 39.7. The van der Waals surface area contributed by atoms with Crippen LogP contribution in [0.5, 0.6) is 0 Å². The third kappa shape index (κ3) is 4.95. The molecule has 4 unspecified atom stereocenters. The van der Waals surface area contributed by atoms with Crippen molar-refractivity contribution in [2.45, 2.75) is 31.6 Å². The summed E-state index contributed by atoms with van der Waals surface area (Å²) in [5.74, 6) is -1.64. The summed E-state index contributed by atoms with van der Waals surface area (Å²) < 4.78 is 11.7. The van der Waals surface area contributed by atoms with Crippen LogP contribution in [-0.4, -0.2) is 59.8 Å². The number of amides is 2. The Morgan fingerprint density at radius 2 is 1.48 bits per heavy atom. The SMILES string of the molecule is CC(OCc1ccccc1)C(NC(=O)OCC1c2ccccc2-c2ccccc21)C(=O)N1CC2C(C1)C2C(=O)O. The van der Waals surface area contributed by atoms with E-state index in [0.29, 0.717) is 13.1 Å². The highest BCUT2D eigenvalue weighted by molar-refractivity contribution is 5.87. The number of piperidine rings is 1. The van der Waals surface area contributed by atoms with Gasteiger partial charge in [-0.1, -0.05) is 78.9 Å². The van der Waals surface area contributed by atoms with E-state index in [0.717, 1.165) is 27.8 Å². The van der Waals surface area contributed by atoms with Crippen molar-refractivity contribution in [2.24, 2.45) is 17.8 Å². The molecule has 40 heavy (non-hydrogen) atoms. The van der Waals surface area contributed by atoms with Gasteiger partial charge in [-0.25, -0.2) is 4.79 Å². The van der Waals surface area contributed by atoms with Crippen molar-refractivity contribution in [3.63, 3.8) is 0 Å². The minimum atomic E-state index is -0.972. The lowest BCUT2D eigenvalue weighted by atomic mass is 9.98. The average molecular weight is 541 g/mol. The first-order valence-corrected chi connectivity index (χ1v) is 13.7. The minimum Gasteiger partial charge on any atom is -0.481 e. The van der Waals surface area contributed by atoms with Crippen molar-refractivity contribution < 1.29 is 29.0 Å². The van der Waals surface area contributed by atoms with Crippen molar-refractivity contribution in [1.29, 1.82) is 0 Å². The molecule has 2 amide bonds. The molecule has 1 saturated heterocycles. The van der Waals surface area contributed by atoms with Gasteiger partial charge in [0.25, 0.3) is 0 Å². The predicted octanol–water partition coefficient (Wildman–Crippen LogP) is 4.29. The molecule has 3 aromatic carbocycles. The largest absolute Gasteiger partial charge is 0.481 e. The number of fused-ring (bicyclic) bond motifs is 4. The van der Waals surface area contributed by atoms with Gasteiger partial charge in [-0.15, -0.1) is 0 Å². The molecule has 2 N–H and O–H groups in total. The number of carbonyl (C=O) groups excluding carboxylic acids is 2. The number of ether oxygens (including phenoxy) is 2. The Morgan fingerprint density at radius 3 is 2.08 bits per heavy atom. The Morgan fingerprint density at radius 1 is 0.900 bits per heavy atom. The number of rotatable bonds is 9. The fraction of sp³-hybridized carbons (Fsp3) is 0.344. The van der Waals surface area contributed by atoms with Gasteiger partial charge >= 0.3 is 12.1 Å². The highest BCUT2D eigenvalue weighted by Crippen LogP contribution is 2.52. The van der Waals surface area contributed by atoms with Crippen molar-refractivity contribution >= 4 is 18.0 Å². The Balaban J connectivity index is 1.13. The summed E-state index contributed by atoms with van der Waals surface area (Å²) in [5.41, 5.74) is 5.43. The van der Waals surface area contributed by atoms with Crippen molar-refractivity contribution in [3.05, 3.63) is 95.6 Å². The molecule has 206 valence electrons. The van der Waals surface area contributed by atoms with Crippen LogP contribution in [-0.2, 0) is 25.7 Å². The molecule has 2 fully saturated rings. The first-order valence-electron chi connectivity index (χ1n) is 13.7. The number of nitrogens with zero attached hydrogens (tertiary/aromatic N) is 1. The van der Waals surface area contributed by atoms with E-state index in [1.807, 2.05) is 54.6 Å². The van der Waals surface area contributed by atoms with E-state index in [9.17, 15) is 19.5 Å². The number of likely N-dealkylation sites (tertiary alicyclic amines) is 1. The molecule has 3 aromatic rings. The molecule has 1 saturated carbocycles. The smallest absolute Gasteiger partial charge is 0.407 e. The van der Waals surface area contributed by atoms with Gasteiger partial charge in [0.15, 0.2) is 0 Å². The van der Waals surface area contributed by atoms with E-state index in [1.54, 1.807) is 11.8 Å². The van der Waals surface area contributed by atoms with Crippen LogP contribution in [0.2, 0.25) is 0 Å². The lowest BCUT2D eigenvalue weighted by Gasteiger charge is -2.29. The van der Waals surface area contributed by atoms with E-state index in [1.165, 1.54) is 0 Å². The predicted molar refractivity (Wildman–Crippen MR) is 147 cm³/mol. The van der Waals surface area contributed by atoms with Crippen LogP contribution in [0.1, 0.15) is 29.5 Å². The Bertz CT molecular complexity index is 1370. The second-order valence-electron chi connectivity index (χ2n) is 10.9. The summed E-state index contributed by atoms with van der Waals surface area (Å²) in [7, 11) is 0. The summed E-state index contributed by atoms with van der Waals surface area (Å²) in [6.07, 6.45) is -1.33. The molecular weight excluding hydrogens is 508 g/mol. The molecule has 8 heteroatoms. The van der Waals surface area contributed by atoms with Gasteiger partial charge in [-0.3, -0.25) is 9.59 Å². The van der Waals surface area contributed by atoms with E-state index >= 15 is 0 Å². The maximum absolute atomic E-state index is 13.6. The normalized spacial score (nSPS) is 22.0. The Kier molecular flexibility index (Phi) is 7.02. The van der Waals surface area contributed by atoms with Crippen molar-refractivity contribution in [3.8, 4) is 11.1 Å². The number of nitrogens with one attached hydrogen (secondary N) is 1. The van der Waals surface area contributed by atoms with Gasteiger partial charge in [-0.05, 0) is 46.6 Å². The molecule has 1 aliphatic heterocycles. The third-order valence-electron chi connectivity index (χ3n) is 8.50. The topological polar surface area (TPSA) is 105 Å². The van der Waals surface area contributed by atoms with Crippen LogP contribution < -0.4 is 5.32 Å². The Hall–Kier alpha value is -4.17. The van der Waals surface area contributed by atoms with E-state index in [-0.39, 0.29) is 42.8 Å². The van der Waals surface area contributed by atoms with Gasteiger partial charge in [-0.2, -0.15) is 0 Å². The number of aliphatic carboxylic acids is 1. The zero-order chi connectivity index (χ0) is 27.8. The lowest BCUT2D eigenvalue weighted by Crippen LogP contribution is -2.54. The van der Waals surface area contributed by atoms with Crippen LogP contribution in [0.4, 0.5) is 4.79 Å². The molecule has 3 aliphatic rings. The number of carbonyl (C=O) groups is 3. The van der Waals surface area contributed by atoms with E-state index in [4.69, 9.17) is 9.47 Å². The zero-order valence-electron chi connectivity index (χ0n) is 22.2. The fourth-order valence-electron chi connectivity index (χ4n) is 6.31. The van der Waals surface area contributed by atoms with Crippen LogP contribution >= 0.6 is 0 Å². The maximum Gasteiger partial charge on any atom is 0.407 e. The third-order valence-corrected chi connectivity index (χ3v) is 8.50. The fourth-order valence-corrected chi connectivity index (χ4v) is 6.31. The van der Waals surface area contributed by atoms with Crippen molar-refractivity contribution in [2.75, 3.05) is 19.7 Å². The number of hydrogen-bond donors (Lipinski definition) is 2. The van der Waals surface area contributed by atoms with E-state index < -0.39 is 24.2 Å². The highest BCUT2D eigenvalue weighted by atomic mass is 16.5. The number of carboxylic acid groups (broad SMARTS) is 1. The standard InChI is InChI=1S/C32H32N2O6/c1-19(39-17-20-9-3-2-4-10-20)29(30(35)34-15-25-26(16-34)28(25)31(36)37)33-32(38)40-18-27-23-13-7-5-11-21(23)22-12-6-8-14-24(22)27/h2-14,19,25-29H,15-18H2,1H3,(H,33,38)(H,36,37). The number of alkyl carbamates (subject to hydrolysis) is 1. The van der Waals surface area contributed by atoms with Crippen LogP contribution in [0.25, 0.3) is 11.1 Å². The summed E-state index contributed by atoms with van der Waals surface area (Å²) >= 11 is 0. The second kappa shape index (κ2) is 10.8. The average Bonchev–Trinajstić information content (AvgIpc) is 3.32. The molecule has 0 aromatic heterocycles. The van der Waals surface area contributed by atoms with Crippen LogP contribution in [0, 0.1) is 17.8 Å². The molecule has 0 spiro atoms. The molecular formula is C32H32N2O6. The summed E-state index contributed by atoms with van der Waals surface area (Å²) in [6.45, 7) is 2.91. The zero-order valence-corrected chi connectivity index (χ0v) is 22.2. The lowest BCUT2D eigenvalue weighted by molar-refractivity contribution is -0.142. The Labute approximate surface area is 232 Å². The monoisotopic (exact) mass is 540 g/mol. The van der Waals surface area contributed by atoms with Crippen LogP contribution in [0.15, 0.2) is 78.9 Å². The number of hydrogen-bond acceptors (Lipinski definition) is 5. The van der Waals surface area contributed by atoms with Crippen LogP contribution in [0.3, 0.4) is 0 Å². The first kappa shape index (κ1) is 26.1. The van der Waals surface area contributed by atoms with Gasteiger partial charge in [0, 0.05) is 19.0 Å². The molecule has 1 heterocycles. The summed E-state index contributed by atoms with van der Waals surface area (Å²) in [5, 5.41) is 12.1. The van der Waals surface area contributed by atoms with Gasteiger partial charge in [0.1, 0.15) is 12.6 Å². The summed E-state index contributed by atoms with van der Waals surface area (Å²) in [6, 6.07) is 24.8. The molecule has 4 atom stereocenters. The molecule has 8 nitrogen and oxygen atoms in total. The highest BCUT2D eigenvalue weighted by Gasteiger charge is 2.61.